The van der Waals surface area contributed by atoms with Crippen molar-refractivity contribution in [2.24, 2.45) is 12.8 Å². The van der Waals surface area contributed by atoms with Crippen molar-refractivity contribution in [1.82, 2.24) is 9.88 Å². The minimum Gasteiger partial charge on any atom is -0.507 e. The highest BCUT2D eigenvalue weighted by molar-refractivity contribution is 6.07. The van der Waals surface area contributed by atoms with Crippen LogP contribution in [0.2, 0.25) is 0 Å². The second-order valence-electron chi connectivity index (χ2n) is 5.09. The number of carbonyl (C=O) groups is 1. The van der Waals surface area contributed by atoms with Crippen LogP contribution in [0, 0.1) is 0 Å². The van der Waals surface area contributed by atoms with Crippen molar-refractivity contribution in [2.75, 3.05) is 13.1 Å². The lowest BCUT2D eigenvalue weighted by Gasteiger charge is -2.15. The summed E-state index contributed by atoms with van der Waals surface area (Å²) in [5.74, 6) is -0.289. The first-order valence-corrected chi connectivity index (χ1v) is 6.60. The number of aromatic hydroxyl groups is 1. The fourth-order valence-electron chi connectivity index (χ4n) is 2.74. The van der Waals surface area contributed by atoms with Crippen LogP contribution in [0.4, 0.5) is 0 Å². The average Bonchev–Trinajstić information content (AvgIpc) is 2.76. The fourth-order valence-corrected chi connectivity index (χ4v) is 2.74. The molecule has 0 aliphatic carbocycles. The van der Waals surface area contributed by atoms with Crippen molar-refractivity contribution < 1.29 is 9.90 Å². The molecular weight excluding hydrogens is 254 g/mol. The van der Waals surface area contributed by atoms with Crippen molar-refractivity contribution in [3.8, 4) is 5.75 Å². The van der Waals surface area contributed by atoms with E-state index in [0.29, 0.717) is 10.9 Å². The summed E-state index contributed by atoms with van der Waals surface area (Å²) in [5.41, 5.74) is 8.66. The Kier molecular flexibility index (Phi) is 2.99. The predicted molar refractivity (Wildman–Crippen MR) is 78.6 cm³/mol. The molecule has 1 aliphatic rings. The molecule has 4 N–H and O–H groups in total. The number of phenols is 1. The minimum atomic E-state index is -0.483. The van der Waals surface area contributed by atoms with Gasteiger partial charge in [-0.15, -0.1) is 0 Å². The SMILES string of the molecule is Cn1cc(C(N)=O)c2cc(O)c(C3=CCNCC3)cc21. The zero-order valence-electron chi connectivity index (χ0n) is 11.3. The van der Waals surface area contributed by atoms with Gasteiger partial charge in [0.2, 0.25) is 0 Å². The second-order valence-corrected chi connectivity index (χ2v) is 5.09. The Morgan fingerprint density at radius 3 is 2.90 bits per heavy atom. The third kappa shape index (κ3) is 1.96. The maximum Gasteiger partial charge on any atom is 0.250 e. The van der Waals surface area contributed by atoms with Crippen LogP contribution in [0.3, 0.4) is 0 Å². The summed E-state index contributed by atoms with van der Waals surface area (Å²) in [4.78, 5) is 11.4. The number of aromatic nitrogens is 1. The number of aryl methyl sites for hydroxylation is 1. The van der Waals surface area contributed by atoms with Crippen molar-refractivity contribution in [3.63, 3.8) is 0 Å². The Morgan fingerprint density at radius 1 is 1.45 bits per heavy atom. The summed E-state index contributed by atoms with van der Waals surface area (Å²) in [5, 5.41) is 14.2. The van der Waals surface area contributed by atoms with Crippen molar-refractivity contribution in [1.29, 1.82) is 0 Å². The number of benzene rings is 1. The molecule has 0 atom stereocenters. The third-order valence-electron chi connectivity index (χ3n) is 3.78. The zero-order valence-corrected chi connectivity index (χ0v) is 11.3. The summed E-state index contributed by atoms with van der Waals surface area (Å²) >= 11 is 0. The van der Waals surface area contributed by atoms with Gasteiger partial charge in [0.15, 0.2) is 0 Å². The van der Waals surface area contributed by atoms with Crippen LogP contribution in [-0.2, 0) is 7.05 Å². The van der Waals surface area contributed by atoms with E-state index in [1.54, 1.807) is 12.3 Å². The molecule has 0 spiro atoms. The van der Waals surface area contributed by atoms with Gasteiger partial charge in [-0.1, -0.05) is 6.08 Å². The van der Waals surface area contributed by atoms with Gasteiger partial charge < -0.3 is 20.7 Å². The maximum absolute atomic E-state index is 11.4. The number of hydrogen-bond donors (Lipinski definition) is 3. The number of nitrogens with one attached hydrogen (secondary N) is 1. The summed E-state index contributed by atoms with van der Waals surface area (Å²) in [6, 6.07) is 3.56. The average molecular weight is 271 g/mol. The van der Waals surface area contributed by atoms with E-state index in [1.165, 1.54) is 0 Å². The largest absolute Gasteiger partial charge is 0.507 e. The molecule has 0 fully saturated rings. The van der Waals surface area contributed by atoms with E-state index in [0.717, 1.165) is 36.2 Å². The lowest BCUT2D eigenvalue weighted by Crippen LogP contribution is -2.20. The number of amides is 1. The normalized spacial score (nSPS) is 15.3. The first-order valence-electron chi connectivity index (χ1n) is 6.60. The molecular formula is C15H17N3O2. The van der Waals surface area contributed by atoms with Crippen molar-refractivity contribution in [3.05, 3.63) is 35.5 Å². The Balaban J connectivity index is 2.21. The smallest absolute Gasteiger partial charge is 0.250 e. The number of hydrogen-bond acceptors (Lipinski definition) is 3. The predicted octanol–water partition coefficient (Wildman–Crippen LogP) is 1.36. The number of phenolic OH excluding ortho intramolecular Hbond substituents is 1. The topological polar surface area (TPSA) is 80.3 Å². The number of nitrogens with two attached hydrogens (primary N) is 1. The Hall–Kier alpha value is -2.27. The summed E-state index contributed by atoms with van der Waals surface area (Å²) < 4.78 is 1.86. The van der Waals surface area contributed by atoms with Gasteiger partial charge in [0.25, 0.3) is 5.91 Å². The van der Waals surface area contributed by atoms with E-state index in [9.17, 15) is 9.90 Å². The standard InChI is InChI=1S/C15H17N3O2/c1-18-8-12(15(16)20)11-7-14(19)10(6-13(11)18)9-2-4-17-5-3-9/h2,6-8,17,19H,3-5H2,1H3,(H2,16,20). The van der Waals surface area contributed by atoms with E-state index < -0.39 is 5.91 Å². The highest BCUT2D eigenvalue weighted by atomic mass is 16.3. The first kappa shape index (κ1) is 12.7. The highest BCUT2D eigenvalue weighted by Gasteiger charge is 2.16. The number of primary amides is 1. The van der Waals surface area contributed by atoms with Gasteiger partial charge in [0.1, 0.15) is 5.75 Å². The van der Waals surface area contributed by atoms with Gasteiger partial charge in [-0.25, -0.2) is 0 Å². The molecule has 0 bridgehead atoms. The van der Waals surface area contributed by atoms with Gasteiger partial charge >= 0.3 is 0 Å². The molecule has 104 valence electrons. The summed E-state index contributed by atoms with van der Waals surface area (Å²) in [6.07, 6.45) is 4.67. The molecule has 1 aliphatic heterocycles. The van der Waals surface area contributed by atoms with Gasteiger partial charge in [-0.05, 0) is 30.7 Å². The molecule has 3 rings (SSSR count). The van der Waals surface area contributed by atoms with Gasteiger partial charge in [0, 0.05) is 36.3 Å². The molecule has 20 heavy (non-hydrogen) atoms. The van der Waals surface area contributed by atoms with Crippen molar-refractivity contribution in [2.45, 2.75) is 6.42 Å². The molecule has 1 aromatic heterocycles. The van der Waals surface area contributed by atoms with Crippen molar-refractivity contribution >= 4 is 22.4 Å². The molecule has 1 amide bonds. The minimum absolute atomic E-state index is 0.194. The number of fused-ring (bicyclic) bond motifs is 1. The molecule has 5 heteroatoms. The molecule has 2 aromatic rings. The van der Waals surface area contributed by atoms with Crippen LogP contribution in [-0.4, -0.2) is 28.7 Å². The molecule has 0 radical (unpaired) electrons. The van der Waals surface area contributed by atoms with Crippen LogP contribution in [0.15, 0.2) is 24.4 Å². The number of carbonyl (C=O) groups excluding carboxylic acids is 1. The van der Waals surface area contributed by atoms with E-state index in [2.05, 4.69) is 11.4 Å². The van der Waals surface area contributed by atoms with Crippen LogP contribution in [0.5, 0.6) is 5.75 Å². The maximum atomic E-state index is 11.4. The molecule has 0 saturated heterocycles. The monoisotopic (exact) mass is 271 g/mol. The van der Waals surface area contributed by atoms with E-state index in [-0.39, 0.29) is 5.75 Å². The molecule has 0 unspecified atom stereocenters. The quantitative estimate of drug-likeness (QED) is 0.771. The first-order chi connectivity index (χ1) is 9.58. The zero-order chi connectivity index (χ0) is 14.3. The Morgan fingerprint density at radius 2 is 2.25 bits per heavy atom. The van der Waals surface area contributed by atoms with Gasteiger partial charge in [-0.3, -0.25) is 4.79 Å². The van der Waals surface area contributed by atoms with Crippen LogP contribution < -0.4 is 11.1 Å². The second kappa shape index (κ2) is 4.68. The Labute approximate surface area is 116 Å². The van der Waals surface area contributed by atoms with Gasteiger partial charge in [-0.2, -0.15) is 0 Å². The fraction of sp³-hybridized carbons (Fsp3) is 0.267. The Bertz CT molecular complexity index is 728. The lowest BCUT2D eigenvalue weighted by atomic mass is 9.97. The van der Waals surface area contributed by atoms with E-state index >= 15 is 0 Å². The molecule has 2 heterocycles. The van der Waals surface area contributed by atoms with Crippen LogP contribution in [0.1, 0.15) is 22.3 Å². The molecule has 5 nitrogen and oxygen atoms in total. The number of nitrogens with zero attached hydrogens (tertiary/aromatic N) is 1. The van der Waals surface area contributed by atoms with Crippen LogP contribution in [0.25, 0.3) is 16.5 Å². The molecule has 0 saturated carbocycles. The third-order valence-corrected chi connectivity index (χ3v) is 3.78. The lowest BCUT2D eigenvalue weighted by molar-refractivity contribution is 0.100. The van der Waals surface area contributed by atoms with Gasteiger partial charge in [0.05, 0.1) is 5.56 Å². The highest BCUT2D eigenvalue weighted by Crippen LogP contribution is 2.34. The van der Waals surface area contributed by atoms with Crippen LogP contribution >= 0.6 is 0 Å². The van der Waals surface area contributed by atoms with E-state index in [1.807, 2.05) is 17.7 Å². The van der Waals surface area contributed by atoms with E-state index in [4.69, 9.17) is 5.73 Å². The summed E-state index contributed by atoms with van der Waals surface area (Å²) in [7, 11) is 1.87. The number of rotatable bonds is 2. The molecule has 1 aromatic carbocycles. The summed E-state index contributed by atoms with van der Waals surface area (Å²) in [6.45, 7) is 1.72.